The summed E-state index contributed by atoms with van der Waals surface area (Å²) in [5, 5.41) is 10.7. The van der Waals surface area contributed by atoms with Gasteiger partial charge in [-0.1, -0.05) is 13.3 Å². The van der Waals surface area contributed by atoms with Crippen LogP contribution in [0.1, 0.15) is 61.3 Å². The minimum Gasteiger partial charge on any atom is -0.477 e. The molecule has 0 radical (unpaired) electrons. The number of nitrogens with zero attached hydrogens (tertiary/aromatic N) is 2. The molecular formula is C21H31LiN2O3S2. The van der Waals surface area contributed by atoms with E-state index in [0.29, 0.717) is 17.3 Å². The summed E-state index contributed by atoms with van der Waals surface area (Å²) >= 11 is 2.87. The minimum atomic E-state index is -0.980. The van der Waals surface area contributed by atoms with E-state index in [9.17, 15) is 9.59 Å². The summed E-state index contributed by atoms with van der Waals surface area (Å²) in [5.41, 5.74) is 2.15. The first-order valence-electron chi connectivity index (χ1n) is 9.29. The topological polar surface area (TPSA) is 60.9 Å². The number of carbonyl (C=O) groups is 2. The van der Waals surface area contributed by atoms with E-state index in [0.717, 1.165) is 23.3 Å². The number of aryl methyl sites for hydroxylation is 2. The number of aromatic carboxylic acids is 1. The van der Waals surface area contributed by atoms with Crippen molar-refractivity contribution in [3.63, 3.8) is 0 Å². The molecule has 3 heterocycles. The van der Waals surface area contributed by atoms with Crippen molar-refractivity contribution >= 4 is 34.9 Å². The van der Waals surface area contributed by atoms with Gasteiger partial charge in [-0.15, -0.1) is 22.7 Å². The zero-order valence-electron chi connectivity index (χ0n) is 18.4. The van der Waals surface area contributed by atoms with E-state index in [-0.39, 0.29) is 23.7 Å². The van der Waals surface area contributed by atoms with Gasteiger partial charge in [-0.2, -0.15) is 6.42 Å². The van der Waals surface area contributed by atoms with Crippen LogP contribution in [0.3, 0.4) is 0 Å². The smallest absolute Gasteiger partial charge is 0.477 e. The van der Waals surface area contributed by atoms with Gasteiger partial charge in [-0.05, 0) is 56.6 Å². The van der Waals surface area contributed by atoms with Gasteiger partial charge in [0, 0.05) is 18.0 Å². The van der Waals surface area contributed by atoms with Crippen LogP contribution < -0.4 is 18.9 Å². The van der Waals surface area contributed by atoms with Crippen molar-refractivity contribution in [2.75, 3.05) is 27.2 Å². The summed E-state index contributed by atoms with van der Waals surface area (Å²) in [4.78, 5) is 27.7. The number of aldehydes is 1. The summed E-state index contributed by atoms with van der Waals surface area (Å²) in [6.45, 7) is 12.0. The first kappa shape index (κ1) is 28.1. The zero-order valence-corrected chi connectivity index (χ0v) is 20.0. The number of likely N-dealkylation sites (N-methyl/N-ethyl adjacent to an activating group) is 2. The molecule has 2 aromatic heterocycles. The quantitative estimate of drug-likeness (QED) is 0.458. The number of carbonyl (C=O) groups excluding carboxylic acids is 1. The Bertz CT molecular complexity index is 749. The molecule has 0 amide bonds. The third-order valence-electron chi connectivity index (χ3n) is 4.40. The average Bonchev–Trinajstić information content (AvgIpc) is 3.35. The van der Waals surface area contributed by atoms with E-state index in [2.05, 4.69) is 56.1 Å². The van der Waals surface area contributed by atoms with Crippen molar-refractivity contribution in [1.82, 2.24) is 9.80 Å². The van der Waals surface area contributed by atoms with E-state index >= 15 is 0 Å². The SMILES string of the molecule is Cc1cc(C(=O)O)sc1C=O.Cc1ccsc1C1N(C)CCN1C.[CH2-]CCC.[Li+]. The van der Waals surface area contributed by atoms with Gasteiger partial charge in [-0.25, -0.2) is 4.79 Å². The molecule has 1 aliphatic rings. The Labute approximate surface area is 194 Å². The summed E-state index contributed by atoms with van der Waals surface area (Å²) in [5.74, 6) is -0.980. The molecule has 0 spiro atoms. The Morgan fingerprint density at radius 2 is 1.83 bits per heavy atom. The minimum absolute atomic E-state index is 0. The van der Waals surface area contributed by atoms with Crippen LogP contribution in [0.4, 0.5) is 0 Å². The van der Waals surface area contributed by atoms with Crippen LogP contribution in [0.25, 0.3) is 0 Å². The van der Waals surface area contributed by atoms with Crippen LogP contribution in [0.5, 0.6) is 0 Å². The molecule has 156 valence electrons. The molecule has 1 saturated heterocycles. The largest absolute Gasteiger partial charge is 1.00 e. The molecule has 3 rings (SSSR count). The Morgan fingerprint density at radius 1 is 1.28 bits per heavy atom. The maximum atomic E-state index is 10.4. The number of carboxylic acids is 1. The van der Waals surface area contributed by atoms with Gasteiger partial charge in [0.15, 0.2) is 6.29 Å². The van der Waals surface area contributed by atoms with Gasteiger partial charge < -0.3 is 12.0 Å². The number of unbranched alkanes of at least 4 members (excludes halogenated alkanes) is 1. The monoisotopic (exact) mass is 430 g/mol. The van der Waals surface area contributed by atoms with Gasteiger partial charge in [0.05, 0.1) is 11.0 Å². The third kappa shape index (κ3) is 8.37. The maximum Gasteiger partial charge on any atom is 1.00 e. The van der Waals surface area contributed by atoms with Gasteiger partial charge in [-0.3, -0.25) is 14.6 Å². The number of carboxylic acid groups (broad SMARTS) is 1. The van der Waals surface area contributed by atoms with E-state index in [4.69, 9.17) is 5.11 Å². The Balaban J connectivity index is 0.000000450. The van der Waals surface area contributed by atoms with Gasteiger partial charge >= 0.3 is 24.8 Å². The van der Waals surface area contributed by atoms with Crippen molar-refractivity contribution < 1.29 is 33.6 Å². The second kappa shape index (κ2) is 14.1. The van der Waals surface area contributed by atoms with E-state index in [1.165, 1.54) is 36.0 Å². The number of thiophene rings is 2. The van der Waals surface area contributed by atoms with E-state index in [1.54, 1.807) is 6.92 Å². The van der Waals surface area contributed by atoms with Crippen molar-refractivity contribution in [3.05, 3.63) is 50.2 Å². The molecule has 8 heteroatoms. The van der Waals surface area contributed by atoms with Crippen LogP contribution in [0.2, 0.25) is 0 Å². The molecule has 1 N–H and O–H groups in total. The molecule has 5 nitrogen and oxygen atoms in total. The normalized spacial score (nSPS) is 14.3. The number of hydrogen-bond donors (Lipinski definition) is 1. The molecule has 29 heavy (non-hydrogen) atoms. The van der Waals surface area contributed by atoms with Gasteiger partial charge in [0.2, 0.25) is 0 Å². The summed E-state index contributed by atoms with van der Waals surface area (Å²) in [7, 11) is 4.40. The summed E-state index contributed by atoms with van der Waals surface area (Å²) in [6.07, 6.45) is 3.46. The van der Waals surface area contributed by atoms with Crippen molar-refractivity contribution in [1.29, 1.82) is 0 Å². The molecule has 0 unspecified atom stereocenters. The van der Waals surface area contributed by atoms with Crippen LogP contribution in [0.15, 0.2) is 17.5 Å². The summed E-state index contributed by atoms with van der Waals surface area (Å²) in [6, 6.07) is 3.71. The zero-order chi connectivity index (χ0) is 21.3. The van der Waals surface area contributed by atoms with Crippen LogP contribution in [-0.4, -0.2) is 54.3 Å². The Hall–Kier alpha value is -0.943. The standard InChI is InChI=1S/C10H16N2S.C7H6O3S.C4H9.Li/c1-8-4-7-13-9(8)10-11(2)5-6-12(10)3;1-4-2-5(7(9)10)11-6(4)3-8;1-3-4-2;/h4,7,10H,5-6H2,1-3H3;2-3H,1H3,(H,9,10);1,3-4H2,2H3;/q;;-1;+1. The van der Waals surface area contributed by atoms with E-state index in [1.807, 2.05) is 11.3 Å². The van der Waals surface area contributed by atoms with Crippen molar-refractivity contribution in [3.8, 4) is 0 Å². The second-order valence-electron chi connectivity index (χ2n) is 6.74. The van der Waals surface area contributed by atoms with Crippen LogP contribution in [0, 0.1) is 20.8 Å². The van der Waals surface area contributed by atoms with Crippen LogP contribution >= 0.6 is 22.7 Å². The fourth-order valence-corrected chi connectivity index (χ4v) is 4.65. The first-order chi connectivity index (χ1) is 13.3. The molecule has 0 aliphatic carbocycles. The molecule has 0 saturated carbocycles. The molecule has 0 atom stereocenters. The summed E-state index contributed by atoms with van der Waals surface area (Å²) < 4.78 is 0. The second-order valence-corrected chi connectivity index (χ2v) is 8.77. The molecule has 1 aliphatic heterocycles. The first-order valence-corrected chi connectivity index (χ1v) is 11.0. The maximum absolute atomic E-state index is 10.4. The molecule has 2 aromatic rings. The fraction of sp³-hybridized carbons (Fsp3) is 0.476. The Morgan fingerprint density at radius 3 is 2.14 bits per heavy atom. The fourth-order valence-electron chi connectivity index (χ4n) is 2.66. The average molecular weight is 431 g/mol. The molecular weight excluding hydrogens is 399 g/mol. The van der Waals surface area contributed by atoms with Gasteiger partial charge in [0.25, 0.3) is 0 Å². The van der Waals surface area contributed by atoms with Crippen LogP contribution in [-0.2, 0) is 0 Å². The predicted octanol–water partition coefficient (Wildman–Crippen LogP) is 2.12. The third-order valence-corrected chi connectivity index (χ3v) is 6.61. The molecule has 1 fully saturated rings. The number of rotatable bonds is 4. The Kier molecular flexibility index (Phi) is 13.7. The van der Waals surface area contributed by atoms with Crippen molar-refractivity contribution in [2.24, 2.45) is 0 Å². The number of hydrogen-bond acceptors (Lipinski definition) is 6. The van der Waals surface area contributed by atoms with Gasteiger partial charge in [0.1, 0.15) is 4.88 Å². The molecule has 0 aromatic carbocycles. The predicted molar refractivity (Wildman–Crippen MR) is 119 cm³/mol. The van der Waals surface area contributed by atoms with E-state index < -0.39 is 5.97 Å². The molecule has 0 bridgehead atoms. The van der Waals surface area contributed by atoms with Crippen molar-refractivity contribution in [2.45, 2.75) is 39.8 Å².